The van der Waals surface area contributed by atoms with Gasteiger partial charge >= 0.3 is 0 Å². The van der Waals surface area contributed by atoms with Gasteiger partial charge in [-0.2, -0.15) is 4.31 Å². The largest absolute Gasteiger partial charge is 0.481 e. The van der Waals surface area contributed by atoms with Crippen LogP contribution in [0.5, 0.6) is 5.75 Å². The molecular formula is C19H23FN2O4S. The van der Waals surface area contributed by atoms with Crippen LogP contribution in [0.15, 0.2) is 53.4 Å². The van der Waals surface area contributed by atoms with E-state index < -0.39 is 27.9 Å². The summed E-state index contributed by atoms with van der Waals surface area (Å²) in [6.45, 7) is 5.80. The van der Waals surface area contributed by atoms with Gasteiger partial charge in [0.25, 0.3) is 5.91 Å². The molecule has 146 valence electrons. The van der Waals surface area contributed by atoms with E-state index in [-0.39, 0.29) is 4.90 Å². The topological polar surface area (TPSA) is 75.7 Å². The van der Waals surface area contributed by atoms with Gasteiger partial charge in [0.15, 0.2) is 6.10 Å². The van der Waals surface area contributed by atoms with Crippen LogP contribution in [-0.4, -0.2) is 37.8 Å². The Morgan fingerprint density at radius 2 is 1.78 bits per heavy atom. The summed E-state index contributed by atoms with van der Waals surface area (Å²) in [5.41, 5.74) is 0.350. The van der Waals surface area contributed by atoms with Gasteiger partial charge in [0, 0.05) is 18.8 Å². The predicted octanol–water partition coefficient (Wildman–Crippen LogP) is 3.26. The molecule has 0 saturated carbocycles. The first-order chi connectivity index (χ1) is 12.8. The average Bonchev–Trinajstić information content (AvgIpc) is 2.64. The van der Waals surface area contributed by atoms with Crippen molar-refractivity contribution >= 4 is 21.6 Å². The summed E-state index contributed by atoms with van der Waals surface area (Å²) < 4.78 is 44.9. The number of rotatable bonds is 8. The number of hydrogen-bond acceptors (Lipinski definition) is 4. The standard InChI is InChI=1S/C19H23FN2O4S/c1-4-22(5-2)27(24,25)18-8-6-7-16(13-18)21-19(23)14(3)26-17-11-9-15(20)10-12-17/h6-14H,4-5H2,1-3H3,(H,21,23). The summed E-state index contributed by atoms with van der Waals surface area (Å²) in [6.07, 6.45) is -0.849. The summed E-state index contributed by atoms with van der Waals surface area (Å²) in [4.78, 5) is 12.4. The molecule has 1 N–H and O–H groups in total. The second-order valence-electron chi connectivity index (χ2n) is 5.82. The van der Waals surface area contributed by atoms with Crippen molar-refractivity contribution in [1.29, 1.82) is 0 Å². The maximum Gasteiger partial charge on any atom is 0.265 e. The minimum Gasteiger partial charge on any atom is -0.481 e. The molecule has 1 amide bonds. The van der Waals surface area contributed by atoms with Crippen LogP contribution in [0.4, 0.5) is 10.1 Å². The van der Waals surface area contributed by atoms with Crippen LogP contribution in [0.2, 0.25) is 0 Å². The fraction of sp³-hybridized carbons (Fsp3) is 0.316. The Kier molecular flexibility index (Phi) is 6.92. The van der Waals surface area contributed by atoms with Gasteiger partial charge in [-0.1, -0.05) is 19.9 Å². The zero-order valence-electron chi connectivity index (χ0n) is 15.5. The van der Waals surface area contributed by atoms with E-state index in [1.165, 1.54) is 40.7 Å². The monoisotopic (exact) mass is 394 g/mol. The predicted molar refractivity (Wildman–Crippen MR) is 102 cm³/mol. The molecule has 1 unspecified atom stereocenters. The lowest BCUT2D eigenvalue weighted by Gasteiger charge is -2.19. The number of amides is 1. The van der Waals surface area contributed by atoms with Crippen molar-refractivity contribution in [1.82, 2.24) is 4.31 Å². The van der Waals surface area contributed by atoms with Gasteiger partial charge < -0.3 is 10.1 Å². The second kappa shape index (κ2) is 8.96. The van der Waals surface area contributed by atoms with Crippen LogP contribution in [0.1, 0.15) is 20.8 Å². The Morgan fingerprint density at radius 3 is 2.37 bits per heavy atom. The van der Waals surface area contributed by atoms with Crippen LogP contribution >= 0.6 is 0 Å². The van der Waals surface area contributed by atoms with Crippen LogP contribution in [0.25, 0.3) is 0 Å². The summed E-state index contributed by atoms with van der Waals surface area (Å²) in [5, 5.41) is 2.64. The normalized spacial score (nSPS) is 12.6. The van der Waals surface area contributed by atoms with Gasteiger partial charge in [-0.25, -0.2) is 12.8 Å². The zero-order valence-corrected chi connectivity index (χ0v) is 16.3. The van der Waals surface area contributed by atoms with Gasteiger partial charge in [0.05, 0.1) is 4.90 Å². The van der Waals surface area contributed by atoms with E-state index in [0.29, 0.717) is 24.5 Å². The number of nitrogens with zero attached hydrogens (tertiary/aromatic N) is 1. The number of sulfonamides is 1. The second-order valence-corrected chi connectivity index (χ2v) is 7.76. The molecule has 2 aromatic carbocycles. The molecule has 0 fully saturated rings. The number of anilines is 1. The lowest BCUT2D eigenvalue weighted by Crippen LogP contribution is -2.31. The number of halogens is 1. The highest BCUT2D eigenvalue weighted by atomic mass is 32.2. The van der Waals surface area contributed by atoms with E-state index in [1.807, 2.05) is 0 Å². The molecule has 1 atom stereocenters. The number of nitrogens with one attached hydrogen (secondary N) is 1. The van der Waals surface area contributed by atoms with Crippen molar-refractivity contribution in [2.24, 2.45) is 0 Å². The SMILES string of the molecule is CCN(CC)S(=O)(=O)c1cccc(NC(=O)C(C)Oc2ccc(F)cc2)c1. The fourth-order valence-electron chi connectivity index (χ4n) is 2.46. The smallest absolute Gasteiger partial charge is 0.265 e. The molecule has 0 radical (unpaired) electrons. The van der Waals surface area contributed by atoms with E-state index in [0.717, 1.165) is 0 Å². The Balaban J connectivity index is 2.10. The van der Waals surface area contributed by atoms with E-state index in [4.69, 9.17) is 4.74 Å². The van der Waals surface area contributed by atoms with Crippen LogP contribution in [-0.2, 0) is 14.8 Å². The average molecular weight is 394 g/mol. The summed E-state index contributed by atoms with van der Waals surface area (Å²) >= 11 is 0. The van der Waals surface area contributed by atoms with Crippen molar-refractivity contribution in [3.05, 3.63) is 54.3 Å². The third kappa shape index (κ3) is 5.27. The first-order valence-electron chi connectivity index (χ1n) is 8.61. The minimum atomic E-state index is -3.62. The van der Waals surface area contributed by atoms with Crippen LogP contribution < -0.4 is 10.1 Å². The molecule has 2 rings (SSSR count). The molecule has 0 aliphatic carbocycles. The molecule has 2 aromatic rings. The molecule has 0 aliphatic rings. The molecule has 8 heteroatoms. The quantitative estimate of drug-likeness (QED) is 0.746. The molecule has 0 aliphatic heterocycles. The Bertz CT molecular complexity index is 881. The van der Waals surface area contributed by atoms with Crippen molar-refractivity contribution in [3.8, 4) is 5.75 Å². The third-order valence-corrected chi connectivity index (χ3v) is 5.99. The number of hydrogen-bond donors (Lipinski definition) is 1. The molecule has 0 aromatic heterocycles. The van der Waals surface area contributed by atoms with E-state index in [1.54, 1.807) is 32.9 Å². The molecule has 0 saturated heterocycles. The highest BCUT2D eigenvalue weighted by molar-refractivity contribution is 7.89. The summed E-state index contributed by atoms with van der Waals surface area (Å²) in [6, 6.07) is 11.4. The highest BCUT2D eigenvalue weighted by Gasteiger charge is 2.22. The number of ether oxygens (including phenoxy) is 1. The highest BCUT2D eigenvalue weighted by Crippen LogP contribution is 2.20. The Hall–Kier alpha value is -2.45. The minimum absolute atomic E-state index is 0.108. The first kappa shape index (κ1) is 20.9. The molecule has 0 spiro atoms. The van der Waals surface area contributed by atoms with Crippen molar-refractivity contribution < 1.29 is 22.3 Å². The van der Waals surface area contributed by atoms with Gasteiger partial charge in [0.1, 0.15) is 11.6 Å². The van der Waals surface area contributed by atoms with Gasteiger partial charge in [0.2, 0.25) is 10.0 Å². The summed E-state index contributed by atoms with van der Waals surface area (Å²) in [7, 11) is -3.62. The fourth-order valence-corrected chi connectivity index (χ4v) is 3.97. The van der Waals surface area contributed by atoms with Gasteiger partial charge in [-0.3, -0.25) is 4.79 Å². The van der Waals surface area contributed by atoms with E-state index >= 15 is 0 Å². The van der Waals surface area contributed by atoms with Crippen molar-refractivity contribution in [2.75, 3.05) is 18.4 Å². The number of carbonyl (C=O) groups excluding carboxylic acids is 1. The summed E-state index contributed by atoms with van der Waals surface area (Å²) in [5.74, 6) is -0.487. The molecular weight excluding hydrogens is 371 g/mol. The number of benzene rings is 2. The van der Waals surface area contributed by atoms with E-state index in [9.17, 15) is 17.6 Å². The Morgan fingerprint density at radius 1 is 1.15 bits per heavy atom. The maximum atomic E-state index is 12.9. The zero-order chi connectivity index (χ0) is 20.0. The van der Waals surface area contributed by atoms with E-state index in [2.05, 4.69) is 5.32 Å². The molecule has 0 heterocycles. The van der Waals surface area contributed by atoms with Gasteiger partial charge in [-0.15, -0.1) is 0 Å². The lowest BCUT2D eigenvalue weighted by atomic mass is 10.3. The maximum absolute atomic E-state index is 12.9. The Labute approximate surface area is 159 Å². The van der Waals surface area contributed by atoms with Crippen molar-refractivity contribution in [2.45, 2.75) is 31.8 Å². The molecule has 0 bridgehead atoms. The first-order valence-corrected chi connectivity index (χ1v) is 10.0. The molecule has 27 heavy (non-hydrogen) atoms. The number of carbonyl (C=O) groups is 1. The van der Waals surface area contributed by atoms with Crippen LogP contribution in [0, 0.1) is 5.82 Å². The third-order valence-electron chi connectivity index (χ3n) is 3.94. The molecule has 6 nitrogen and oxygen atoms in total. The van der Waals surface area contributed by atoms with Crippen molar-refractivity contribution in [3.63, 3.8) is 0 Å². The lowest BCUT2D eigenvalue weighted by molar-refractivity contribution is -0.122. The van der Waals surface area contributed by atoms with Crippen LogP contribution in [0.3, 0.4) is 0 Å². The van der Waals surface area contributed by atoms with Gasteiger partial charge in [-0.05, 0) is 49.4 Å².